The van der Waals surface area contributed by atoms with Gasteiger partial charge in [0.2, 0.25) is 0 Å². The van der Waals surface area contributed by atoms with E-state index >= 15 is 0 Å². The number of hydrogen-bond acceptors (Lipinski definition) is 5. The lowest BCUT2D eigenvalue weighted by Gasteiger charge is -2.30. The van der Waals surface area contributed by atoms with Gasteiger partial charge in [0.05, 0.1) is 15.8 Å². The Kier molecular flexibility index (Phi) is 5.67. The number of halogens is 2. The molecular formula is C21H13Br2NO4S. The molecule has 0 fully saturated rings. The van der Waals surface area contributed by atoms with Crippen LogP contribution in [-0.4, -0.2) is 23.6 Å². The summed E-state index contributed by atoms with van der Waals surface area (Å²) in [7, 11) is 0. The van der Waals surface area contributed by atoms with Crippen LogP contribution in [0.1, 0.15) is 10.4 Å². The summed E-state index contributed by atoms with van der Waals surface area (Å²) >= 11 is 8.03. The molecule has 0 saturated carbocycles. The number of phenols is 1. The molecule has 0 spiro atoms. The summed E-state index contributed by atoms with van der Waals surface area (Å²) < 4.78 is 6.17. The zero-order valence-electron chi connectivity index (χ0n) is 14.8. The van der Waals surface area contributed by atoms with Crippen molar-refractivity contribution in [2.75, 3.05) is 11.5 Å². The van der Waals surface area contributed by atoms with Crippen LogP contribution in [0, 0.1) is 0 Å². The number of esters is 1. The average molecular weight is 535 g/mol. The number of benzene rings is 3. The van der Waals surface area contributed by atoms with Crippen molar-refractivity contribution in [1.29, 1.82) is 0 Å². The first kappa shape index (κ1) is 20.0. The summed E-state index contributed by atoms with van der Waals surface area (Å²) in [4.78, 5) is 28.9. The number of fused-ring (bicyclic) bond motifs is 2. The van der Waals surface area contributed by atoms with E-state index in [4.69, 9.17) is 4.74 Å². The number of rotatable bonds is 3. The summed E-state index contributed by atoms with van der Waals surface area (Å²) in [5.74, 6) is -1.41. The normalized spacial score (nSPS) is 12.1. The highest BCUT2D eigenvalue weighted by molar-refractivity contribution is 9.11. The molecule has 3 aromatic rings. The molecule has 1 amide bonds. The second-order valence-corrected chi connectivity index (χ2v) is 8.98. The van der Waals surface area contributed by atoms with Crippen LogP contribution in [-0.2, 0) is 9.53 Å². The van der Waals surface area contributed by atoms with E-state index < -0.39 is 12.6 Å². The van der Waals surface area contributed by atoms with E-state index in [2.05, 4.69) is 31.9 Å². The first-order chi connectivity index (χ1) is 14.0. The van der Waals surface area contributed by atoms with Gasteiger partial charge in [-0.25, -0.2) is 4.79 Å². The van der Waals surface area contributed by atoms with Crippen molar-refractivity contribution in [2.24, 2.45) is 0 Å². The minimum Gasteiger partial charge on any atom is -0.506 e. The molecule has 1 N–H and O–H groups in total. The molecule has 4 rings (SSSR count). The summed E-state index contributed by atoms with van der Waals surface area (Å²) in [6, 6.07) is 18.2. The van der Waals surface area contributed by atoms with E-state index in [9.17, 15) is 14.7 Å². The van der Waals surface area contributed by atoms with Crippen molar-refractivity contribution >= 4 is 66.9 Å². The van der Waals surface area contributed by atoms with Crippen molar-refractivity contribution < 1.29 is 19.4 Å². The lowest BCUT2D eigenvalue weighted by molar-refractivity contribution is -0.121. The van der Waals surface area contributed by atoms with Crippen LogP contribution in [0.2, 0.25) is 0 Å². The predicted molar refractivity (Wildman–Crippen MR) is 118 cm³/mol. The average Bonchev–Trinajstić information content (AvgIpc) is 2.72. The van der Waals surface area contributed by atoms with Crippen LogP contribution < -0.4 is 4.90 Å². The number of anilines is 2. The van der Waals surface area contributed by atoms with E-state index in [1.54, 1.807) is 22.7 Å². The van der Waals surface area contributed by atoms with Gasteiger partial charge in [0, 0.05) is 14.3 Å². The second-order valence-electron chi connectivity index (χ2n) is 6.13. The zero-order chi connectivity index (χ0) is 20.5. The molecule has 1 aliphatic heterocycles. The molecule has 0 aliphatic carbocycles. The minimum atomic E-state index is -0.786. The molecular weight excluding hydrogens is 522 g/mol. The number of nitrogens with zero attached hydrogens (tertiary/aromatic N) is 1. The SMILES string of the molecule is O=C(OCC(=O)N1c2ccccc2Sc2ccccc21)c1cc(Br)cc(Br)c1O. The molecule has 0 aromatic heterocycles. The highest BCUT2D eigenvalue weighted by Gasteiger charge is 2.29. The highest BCUT2D eigenvalue weighted by Crippen LogP contribution is 2.47. The molecule has 0 saturated heterocycles. The van der Waals surface area contributed by atoms with E-state index in [-0.39, 0.29) is 17.2 Å². The van der Waals surface area contributed by atoms with Crippen molar-refractivity contribution in [3.05, 3.63) is 75.2 Å². The van der Waals surface area contributed by atoms with Gasteiger partial charge in [0.25, 0.3) is 5.91 Å². The molecule has 1 aliphatic rings. The number of phenolic OH excluding ortho intramolecular Hbond substituents is 1. The maximum Gasteiger partial charge on any atom is 0.342 e. The fourth-order valence-corrected chi connectivity index (χ4v) is 5.25. The molecule has 0 radical (unpaired) electrons. The Balaban J connectivity index is 1.59. The summed E-state index contributed by atoms with van der Waals surface area (Å²) in [6.45, 7) is -0.463. The van der Waals surface area contributed by atoms with Gasteiger partial charge in [-0.3, -0.25) is 9.69 Å². The molecule has 0 bridgehead atoms. The van der Waals surface area contributed by atoms with Crippen molar-refractivity contribution in [3.8, 4) is 5.75 Å². The molecule has 0 unspecified atom stereocenters. The van der Waals surface area contributed by atoms with Gasteiger partial charge in [-0.05, 0) is 52.3 Å². The number of carbonyl (C=O) groups excluding carboxylic acids is 2. The summed E-state index contributed by atoms with van der Waals surface area (Å²) in [5.41, 5.74) is 1.45. The van der Waals surface area contributed by atoms with Gasteiger partial charge in [0.15, 0.2) is 6.61 Å². The number of amides is 1. The van der Waals surface area contributed by atoms with E-state index in [1.165, 1.54) is 6.07 Å². The van der Waals surface area contributed by atoms with Gasteiger partial charge >= 0.3 is 5.97 Å². The Hall–Kier alpha value is -2.29. The Morgan fingerprint density at radius 2 is 1.55 bits per heavy atom. The molecule has 8 heteroatoms. The van der Waals surface area contributed by atoms with Crippen molar-refractivity contribution in [3.63, 3.8) is 0 Å². The van der Waals surface area contributed by atoms with Gasteiger partial charge in [-0.1, -0.05) is 52.0 Å². The zero-order valence-corrected chi connectivity index (χ0v) is 18.8. The van der Waals surface area contributed by atoms with Crippen LogP contribution >= 0.6 is 43.6 Å². The first-order valence-corrected chi connectivity index (χ1v) is 10.9. The highest BCUT2D eigenvalue weighted by atomic mass is 79.9. The third-order valence-electron chi connectivity index (χ3n) is 4.26. The fourth-order valence-electron chi connectivity index (χ4n) is 2.96. The Morgan fingerprint density at radius 1 is 0.966 bits per heavy atom. The van der Waals surface area contributed by atoms with E-state index in [0.29, 0.717) is 8.95 Å². The maximum atomic E-state index is 13.0. The standard InChI is InChI=1S/C21H13Br2NO4S/c22-12-9-13(20(26)14(23)10-12)21(27)28-11-19(25)24-15-5-1-3-7-17(15)29-18-8-4-2-6-16(18)24/h1-10,26H,11H2. The van der Waals surface area contributed by atoms with Crippen LogP contribution in [0.5, 0.6) is 5.75 Å². The second kappa shape index (κ2) is 8.22. The lowest BCUT2D eigenvalue weighted by Crippen LogP contribution is -2.32. The number of ether oxygens (including phenoxy) is 1. The third kappa shape index (κ3) is 3.92. The molecule has 0 atom stereocenters. The van der Waals surface area contributed by atoms with Crippen LogP contribution in [0.15, 0.2) is 79.4 Å². The maximum absolute atomic E-state index is 13.0. The van der Waals surface area contributed by atoms with Gasteiger partial charge in [-0.2, -0.15) is 0 Å². The number of para-hydroxylation sites is 2. The van der Waals surface area contributed by atoms with Crippen molar-refractivity contribution in [1.82, 2.24) is 0 Å². The van der Waals surface area contributed by atoms with Gasteiger partial charge < -0.3 is 9.84 Å². The Morgan fingerprint density at radius 3 is 2.17 bits per heavy atom. The van der Waals surface area contributed by atoms with E-state index in [1.807, 2.05) is 48.5 Å². The number of aromatic hydroxyl groups is 1. The number of carbonyl (C=O) groups is 2. The lowest BCUT2D eigenvalue weighted by atomic mass is 10.2. The van der Waals surface area contributed by atoms with Crippen LogP contribution in [0.4, 0.5) is 11.4 Å². The summed E-state index contributed by atoms with van der Waals surface area (Å²) in [6.07, 6.45) is 0. The molecule has 29 heavy (non-hydrogen) atoms. The van der Waals surface area contributed by atoms with Crippen LogP contribution in [0.25, 0.3) is 0 Å². The van der Waals surface area contributed by atoms with Crippen LogP contribution in [0.3, 0.4) is 0 Å². The monoisotopic (exact) mass is 533 g/mol. The predicted octanol–water partition coefficient (Wildman–Crippen LogP) is 5.90. The molecule has 1 heterocycles. The minimum absolute atomic E-state index is 0.0333. The first-order valence-electron chi connectivity index (χ1n) is 8.49. The largest absolute Gasteiger partial charge is 0.506 e. The molecule has 146 valence electrons. The van der Waals surface area contributed by atoms with Crippen molar-refractivity contribution in [2.45, 2.75) is 9.79 Å². The van der Waals surface area contributed by atoms with Gasteiger partial charge in [-0.15, -0.1) is 0 Å². The third-order valence-corrected chi connectivity index (χ3v) is 6.45. The van der Waals surface area contributed by atoms with Gasteiger partial charge in [0.1, 0.15) is 11.3 Å². The smallest absolute Gasteiger partial charge is 0.342 e. The number of hydrogen-bond donors (Lipinski definition) is 1. The van der Waals surface area contributed by atoms with E-state index in [0.717, 1.165) is 21.2 Å². The topological polar surface area (TPSA) is 66.8 Å². The Labute approximate surface area is 187 Å². The summed E-state index contributed by atoms with van der Waals surface area (Å²) in [5, 5.41) is 10.1. The molecule has 5 nitrogen and oxygen atoms in total. The Bertz CT molecular complexity index is 1090. The quantitative estimate of drug-likeness (QED) is 0.423. The fraction of sp³-hybridized carbons (Fsp3) is 0.0476. The molecule has 3 aromatic carbocycles.